The standard InChI is InChI=1S/C24H22N4O2S/c1-17-5-4-7-21(13-17)31(29,30)28-12-10-22-19(16-28)9-11-25-24(22)27-20-14-18-6-2-3-8-23(18)26-15-20/h2-9,11,13-15H,10,12,16H2,1H3,(H,25,27). The number of aryl methyl sites for hydroxylation is 1. The lowest BCUT2D eigenvalue weighted by atomic mass is 10.0. The SMILES string of the molecule is Cc1cccc(S(=O)(=O)N2CCc3c(ccnc3Nc3cnc4ccccc4c3)C2)c1. The number of nitrogens with one attached hydrogen (secondary N) is 1. The van der Waals surface area contributed by atoms with Gasteiger partial charge in [-0.05, 0) is 54.8 Å². The van der Waals surface area contributed by atoms with Crippen molar-refractivity contribution >= 4 is 32.4 Å². The summed E-state index contributed by atoms with van der Waals surface area (Å²) in [5.74, 6) is 0.752. The number of anilines is 2. The average molecular weight is 431 g/mol. The highest BCUT2D eigenvalue weighted by atomic mass is 32.2. The van der Waals surface area contributed by atoms with Gasteiger partial charge < -0.3 is 5.32 Å². The average Bonchev–Trinajstić information content (AvgIpc) is 2.79. The Labute approximate surface area is 181 Å². The van der Waals surface area contributed by atoms with Gasteiger partial charge in [0.1, 0.15) is 5.82 Å². The maximum atomic E-state index is 13.1. The number of pyridine rings is 2. The molecule has 1 N–H and O–H groups in total. The van der Waals surface area contributed by atoms with E-state index in [-0.39, 0.29) is 0 Å². The highest BCUT2D eigenvalue weighted by Crippen LogP contribution is 2.30. The number of para-hydroxylation sites is 1. The number of hydrogen-bond donors (Lipinski definition) is 1. The summed E-state index contributed by atoms with van der Waals surface area (Å²) in [7, 11) is -3.54. The van der Waals surface area contributed by atoms with E-state index in [1.54, 1.807) is 34.9 Å². The summed E-state index contributed by atoms with van der Waals surface area (Å²) in [6.07, 6.45) is 4.11. The minimum atomic E-state index is -3.54. The monoisotopic (exact) mass is 430 g/mol. The van der Waals surface area contributed by atoms with Crippen LogP contribution in [0.1, 0.15) is 16.7 Å². The van der Waals surface area contributed by atoms with Crippen LogP contribution in [0.3, 0.4) is 0 Å². The molecule has 0 unspecified atom stereocenters. The molecule has 6 nitrogen and oxygen atoms in total. The van der Waals surface area contributed by atoms with Gasteiger partial charge in [0, 0.05) is 30.2 Å². The predicted octanol–water partition coefficient (Wildman–Crippen LogP) is 4.43. The Morgan fingerprint density at radius 1 is 1.00 bits per heavy atom. The molecular formula is C24H22N4O2S. The molecule has 1 aliphatic heterocycles. The Kier molecular flexibility index (Phi) is 4.92. The Hall–Kier alpha value is -3.29. The first-order valence-corrected chi connectivity index (χ1v) is 11.6. The number of benzene rings is 2. The first-order valence-electron chi connectivity index (χ1n) is 10.2. The van der Waals surface area contributed by atoms with Gasteiger partial charge in [0.25, 0.3) is 0 Å². The number of nitrogens with zero attached hydrogens (tertiary/aromatic N) is 3. The molecule has 0 saturated carbocycles. The molecule has 0 saturated heterocycles. The van der Waals surface area contributed by atoms with Gasteiger partial charge in [0.05, 0.1) is 22.3 Å². The molecule has 4 aromatic rings. The number of rotatable bonds is 4. The summed E-state index contributed by atoms with van der Waals surface area (Å²) in [5.41, 5.74) is 4.74. The first-order chi connectivity index (χ1) is 15.0. The van der Waals surface area contributed by atoms with Crippen LogP contribution in [-0.2, 0) is 23.0 Å². The first kappa shape index (κ1) is 19.7. The lowest BCUT2D eigenvalue weighted by Crippen LogP contribution is -2.36. The number of fused-ring (bicyclic) bond motifs is 2. The van der Waals surface area contributed by atoms with E-state index in [1.165, 1.54) is 0 Å². The molecule has 0 radical (unpaired) electrons. The van der Waals surface area contributed by atoms with E-state index in [2.05, 4.69) is 15.3 Å². The molecule has 0 atom stereocenters. The normalized spacial score (nSPS) is 14.4. The van der Waals surface area contributed by atoms with E-state index >= 15 is 0 Å². The maximum absolute atomic E-state index is 13.1. The summed E-state index contributed by atoms with van der Waals surface area (Å²) in [6, 6.07) is 19.0. The third kappa shape index (κ3) is 3.78. The summed E-state index contributed by atoms with van der Waals surface area (Å²) in [4.78, 5) is 9.35. The van der Waals surface area contributed by atoms with E-state index in [4.69, 9.17) is 0 Å². The van der Waals surface area contributed by atoms with Gasteiger partial charge in [-0.25, -0.2) is 13.4 Å². The molecule has 5 rings (SSSR count). The van der Waals surface area contributed by atoms with Crippen molar-refractivity contribution in [1.29, 1.82) is 0 Å². The molecule has 2 aromatic carbocycles. The van der Waals surface area contributed by atoms with Gasteiger partial charge in [-0.15, -0.1) is 0 Å². The molecule has 7 heteroatoms. The van der Waals surface area contributed by atoms with E-state index in [0.717, 1.165) is 39.1 Å². The fourth-order valence-corrected chi connectivity index (χ4v) is 5.50. The highest BCUT2D eigenvalue weighted by Gasteiger charge is 2.29. The minimum absolute atomic E-state index is 0.332. The highest BCUT2D eigenvalue weighted by molar-refractivity contribution is 7.89. The van der Waals surface area contributed by atoms with Crippen LogP contribution in [0, 0.1) is 6.92 Å². The summed E-state index contributed by atoms with van der Waals surface area (Å²) in [6.45, 7) is 2.65. The van der Waals surface area contributed by atoms with Gasteiger partial charge in [0.15, 0.2) is 0 Å². The number of hydrogen-bond acceptors (Lipinski definition) is 5. The Morgan fingerprint density at radius 2 is 1.87 bits per heavy atom. The summed E-state index contributed by atoms with van der Waals surface area (Å²) >= 11 is 0. The molecular weight excluding hydrogens is 408 g/mol. The zero-order valence-electron chi connectivity index (χ0n) is 17.1. The van der Waals surface area contributed by atoms with E-state index in [9.17, 15) is 8.42 Å². The number of aromatic nitrogens is 2. The zero-order valence-corrected chi connectivity index (χ0v) is 17.9. The smallest absolute Gasteiger partial charge is 0.243 e. The van der Waals surface area contributed by atoms with E-state index < -0.39 is 10.0 Å². The maximum Gasteiger partial charge on any atom is 0.243 e. The molecule has 0 spiro atoms. The van der Waals surface area contributed by atoms with Crippen LogP contribution in [0.2, 0.25) is 0 Å². The molecule has 31 heavy (non-hydrogen) atoms. The van der Waals surface area contributed by atoms with Crippen molar-refractivity contribution in [2.45, 2.75) is 24.8 Å². The quantitative estimate of drug-likeness (QED) is 0.518. The Balaban J connectivity index is 1.42. The van der Waals surface area contributed by atoms with Crippen molar-refractivity contribution in [1.82, 2.24) is 14.3 Å². The van der Waals surface area contributed by atoms with E-state index in [0.29, 0.717) is 24.4 Å². The Morgan fingerprint density at radius 3 is 2.74 bits per heavy atom. The van der Waals surface area contributed by atoms with Crippen molar-refractivity contribution < 1.29 is 8.42 Å². The molecule has 0 fully saturated rings. The Bertz CT molecular complexity index is 1390. The summed E-state index contributed by atoms with van der Waals surface area (Å²) in [5, 5.41) is 4.42. The lowest BCUT2D eigenvalue weighted by Gasteiger charge is -2.29. The van der Waals surface area contributed by atoms with Crippen molar-refractivity contribution in [3.63, 3.8) is 0 Å². The molecule has 0 amide bonds. The van der Waals surface area contributed by atoms with Crippen molar-refractivity contribution in [2.75, 3.05) is 11.9 Å². The van der Waals surface area contributed by atoms with Crippen molar-refractivity contribution in [3.8, 4) is 0 Å². The lowest BCUT2D eigenvalue weighted by molar-refractivity contribution is 0.391. The van der Waals surface area contributed by atoms with Crippen LogP contribution in [-0.4, -0.2) is 29.2 Å². The van der Waals surface area contributed by atoms with Crippen LogP contribution in [0.25, 0.3) is 10.9 Å². The zero-order chi connectivity index (χ0) is 21.4. The second-order valence-corrected chi connectivity index (χ2v) is 9.68. The van der Waals surface area contributed by atoms with Gasteiger partial charge in [0.2, 0.25) is 10.0 Å². The molecule has 156 valence electrons. The van der Waals surface area contributed by atoms with Crippen molar-refractivity contribution in [3.05, 3.63) is 89.7 Å². The third-order valence-corrected chi connectivity index (χ3v) is 7.43. The molecule has 0 bridgehead atoms. The van der Waals surface area contributed by atoms with Gasteiger partial charge in [-0.2, -0.15) is 4.31 Å². The van der Waals surface area contributed by atoms with E-state index in [1.807, 2.05) is 49.4 Å². The largest absolute Gasteiger partial charge is 0.339 e. The molecule has 3 heterocycles. The third-order valence-electron chi connectivity index (χ3n) is 5.59. The topological polar surface area (TPSA) is 75.2 Å². The van der Waals surface area contributed by atoms with Crippen molar-refractivity contribution in [2.24, 2.45) is 0 Å². The minimum Gasteiger partial charge on any atom is -0.339 e. The van der Waals surface area contributed by atoms with Crippen LogP contribution in [0.5, 0.6) is 0 Å². The van der Waals surface area contributed by atoms with Crippen LogP contribution in [0.15, 0.2) is 78.0 Å². The second-order valence-electron chi connectivity index (χ2n) is 7.74. The fraction of sp³-hybridized carbons (Fsp3) is 0.167. The van der Waals surface area contributed by atoms with Gasteiger partial charge in [-0.3, -0.25) is 4.98 Å². The summed E-state index contributed by atoms with van der Waals surface area (Å²) < 4.78 is 27.8. The second kappa shape index (κ2) is 7.76. The van der Waals surface area contributed by atoms with Crippen LogP contribution in [0.4, 0.5) is 11.5 Å². The number of sulfonamides is 1. The van der Waals surface area contributed by atoms with Gasteiger partial charge in [-0.1, -0.05) is 30.3 Å². The predicted molar refractivity (Wildman–Crippen MR) is 122 cm³/mol. The fourth-order valence-electron chi connectivity index (χ4n) is 3.98. The molecule has 0 aliphatic carbocycles. The van der Waals surface area contributed by atoms with Crippen LogP contribution >= 0.6 is 0 Å². The van der Waals surface area contributed by atoms with Crippen LogP contribution < -0.4 is 5.32 Å². The van der Waals surface area contributed by atoms with Gasteiger partial charge >= 0.3 is 0 Å². The molecule has 1 aliphatic rings. The molecule has 2 aromatic heterocycles.